The number of rotatable bonds is 2. The Morgan fingerprint density at radius 1 is 1.40 bits per heavy atom. The molecule has 0 atom stereocenters. The summed E-state index contributed by atoms with van der Waals surface area (Å²) in [6, 6.07) is 1.65. The van der Waals surface area contributed by atoms with Gasteiger partial charge in [-0.2, -0.15) is 5.10 Å². The predicted molar refractivity (Wildman–Crippen MR) is 53.0 cm³/mol. The summed E-state index contributed by atoms with van der Waals surface area (Å²) in [5, 5.41) is 8.58. The lowest BCUT2D eigenvalue weighted by Crippen LogP contribution is -2.14. The summed E-state index contributed by atoms with van der Waals surface area (Å²) in [6.07, 6.45) is 4.40. The second-order valence-corrected chi connectivity index (χ2v) is 2.72. The summed E-state index contributed by atoms with van der Waals surface area (Å²) in [7, 11) is 0. The molecule has 76 valence electrons. The van der Waals surface area contributed by atoms with Crippen molar-refractivity contribution in [2.75, 3.05) is 11.1 Å². The van der Waals surface area contributed by atoms with Crippen molar-refractivity contribution >= 4 is 17.7 Å². The van der Waals surface area contributed by atoms with E-state index in [0.29, 0.717) is 0 Å². The number of hydrogen-bond donors (Lipinski definition) is 3. The van der Waals surface area contributed by atoms with Crippen molar-refractivity contribution < 1.29 is 4.79 Å². The number of carbonyl (C=O) groups excluding carboxylic acids is 1. The van der Waals surface area contributed by atoms with Gasteiger partial charge in [0.2, 0.25) is 5.95 Å². The van der Waals surface area contributed by atoms with Crippen molar-refractivity contribution in [1.29, 1.82) is 0 Å². The molecule has 2 aromatic rings. The van der Waals surface area contributed by atoms with E-state index in [1.807, 2.05) is 0 Å². The maximum absolute atomic E-state index is 11.6. The van der Waals surface area contributed by atoms with Gasteiger partial charge in [0.1, 0.15) is 11.4 Å². The van der Waals surface area contributed by atoms with Gasteiger partial charge in [-0.15, -0.1) is 0 Å². The van der Waals surface area contributed by atoms with Gasteiger partial charge in [0.15, 0.2) is 0 Å². The summed E-state index contributed by atoms with van der Waals surface area (Å²) in [4.78, 5) is 19.3. The maximum Gasteiger partial charge on any atom is 0.263 e. The van der Waals surface area contributed by atoms with Gasteiger partial charge >= 0.3 is 0 Å². The third kappa shape index (κ3) is 1.90. The number of nitrogens with one attached hydrogen (secondary N) is 2. The van der Waals surface area contributed by atoms with E-state index in [9.17, 15) is 4.79 Å². The van der Waals surface area contributed by atoms with Gasteiger partial charge in [-0.25, -0.2) is 9.97 Å². The van der Waals surface area contributed by atoms with Crippen LogP contribution in [0, 0.1) is 0 Å². The molecule has 7 nitrogen and oxygen atoms in total. The molecule has 4 N–H and O–H groups in total. The predicted octanol–water partition coefficient (Wildman–Crippen LogP) is 0.0342. The number of aromatic amines is 1. The fourth-order valence-electron chi connectivity index (χ4n) is 1.01. The molecule has 0 aromatic carbocycles. The standard InChI is InChI=1S/C8H8N6O/c9-6-5(4-12-14-6)7(15)13-8-10-2-1-3-11-8/h1-4H,(H3,9,12,14)(H,10,11,13,15). The number of amides is 1. The van der Waals surface area contributed by atoms with E-state index in [2.05, 4.69) is 25.5 Å². The first-order valence-electron chi connectivity index (χ1n) is 4.14. The number of anilines is 2. The Morgan fingerprint density at radius 3 is 2.73 bits per heavy atom. The van der Waals surface area contributed by atoms with Crippen LogP contribution in [0.3, 0.4) is 0 Å². The van der Waals surface area contributed by atoms with Crippen LogP contribution < -0.4 is 11.1 Å². The molecule has 2 aromatic heterocycles. The molecule has 0 saturated heterocycles. The number of nitrogen functional groups attached to an aromatic ring is 1. The Labute approximate surface area is 84.7 Å². The molecule has 0 unspecified atom stereocenters. The zero-order chi connectivity index (χ0) is 10.7. The van der Waals surface area contributed by atoms with Crippen LogP contribution in [0.5, 0.6) is 0 Å². The van der Waals surface area contributed by atoms with Gasteiger partial charge in [-0.05, 0) is 6.07 Å². The lowest BCUT2D eigenvalue weighted by molar-refractivity contribution is 0.102. The number of aromatic nitrogens is 4. The van der Waals surface area contributed by atoms with Crippen molar-refractivity contribution in [2.45, 2.75) is 0 Å². The second-order valence-electron chi connectivity index (χ2n) is 2.72. The molecule has 1 amide bonds. The van der Waals surface area contributed by atoms with Gasteiger partial charge in [0.05, 0.1) is 6.20 Å². The highest BCUT2D eigenvalue weighted by atomic mass is 16.1. The van der Waals surface area contributed by atoms with E-state index >= 15 is 0 Å². The molecule has 0 aliphatic carbocycles. The van der Waals surface area contributed by atoms with E-state index in [4.69, 9.17) is 5.73 Å². The van der Waals surface area contributed by atoms with Gasteiger partial charge < -0.3 is 5.73 Å². The van der Waals surface area contributed by atoms with Crippen LogP contribution in [-0.4, -0.2) is 26.1 Å². The van der Waals surface area contributed by atoms with Gasteiger partial charge in [-0.1, -0.05) is 0 Å². The second kappa shape index (κ2) is 3.74. The first-order chi connectivity index (χ1) is 7.27. The minimum absolute atomic E-state index is 0.212. The summed E-state index contributed by atoms with van der Waals surface area (Å²) in [6.45, 7) is 0. The van der Waals surface area contributed by atoms with Crippen LogP contribution in [0.4, 0.5) is 11.8 Å². The van der Waals surface area contributed by atoms with Crippen molar-refractivity contribution in [3.63, 3.8) is 0 Å². The molecule has 0 radical (unpaired) electrons. The molecule has 0 bridgehead atoms. The normalized spacial score (nSPS) is 9.87. The molecule has 2 rings (SSSR count). The minimum atomic E-state index is -0.396. The van der Waals surface area contributed by atoms with Crippen LogP contribution in [0.15, 0.2) is 24.7 Å². The highest BCUT2D eigenvalue weighted by Gasteiger charge is 2.12. The summed E-state index contributed by atoms with van der Waals surface area (Å²) in [5.41, 5.74) is 5.74. The molecule has 0 aliphatic heterocycles. The van der Waals surface area contributed by atoms with E-state index in [1.165, 1.54) is 18.6 Å². The molecule has 2 heterocycles. The highest BCUT2D eigenvalue weighted by Crippen LogP contribution is 2.07. The molecule has 0 spiro atoms. The maximum atomic E-state index is 11.6. The number of nitrogens with two attached hydrogens (primary N) is 1. The molecule has 0 aliphatic rings. The summed E-state index contributed by atoms with van der Waals surface area (Å²) >= 11 is 0. The SMILES string of the molecule is Nc1[nH]ncc1C(=O)Nc1ncccn1. The average Bonchev–Trinajstić information content (AvgIpc) is 2.66. The fraction of sp³-hybridized carbons (Fsp3) is 0. The number of carbonyl (C=O) groups is 1. The molecule has 0 saturated carbocycles. The number of H-pyrrole nitrogens is 1. The third-order valence-electron chi connectivity index (χ3n) is 1.70. The molecular weight excluding hydrogens is 196 g/mol. The molecular formula is C8H8N6O. The van der Waals surface area contributed by atoms with Crippen molar-refractivity contribution in [3.8, 4) is 0 Å². The Balaban J connectivity index is 2.15. The fourth-order valence-corrected chi connectivity index (χ4v) is 1.01. The Morgan fingerprint density at radius 2 is 2.13 bits per heavy atom. The highest BCUT2D eigenvalue weighted by molar-refractivity contribution is 6.06. The summed E-state index contributed by atoms with van der Waals surface area (Å²) < 4.78 is 0. The lowest BCUT2D eigenvalue weighted by Gasteiger charge is -2.00. The largest absolute Gasteiger partial charge is 0.383 e. The van der Waals surface area contributed by atoms with Crippen LogP contribution in [0.25, 0.3) is 0 Å². The topological polar surface area (TPSA) is 110 Å². The third-order valence-corrected chi connectivity index (χ3v) is 1.70. The monoisotopic (exact) mass is 204 g/mol. The van der Waals surface area contributed by atoms with Crippen molar-refractivity contribution in [1.82, 2.24) is 20.2 Å². The first-order valence-corrected chi connectivity index (χ1v) is 4.14. The van der Waals surface area contributed by atoms with Crippen LogP contribution in [0.2, 0.25) is 0 Å². The van der Waals surface area contributed by atoms with Crippen molar-refractivity contribution in [2.24, 2.45) is 0 Å². The average molecular weight is 204 g/mol. The quantitative estimate of drug-likeness (QED) is 0.639. The minimum Gasteiger partial charge on any atom is -0.383 e. The molecule has 7 heteroatoms. The summed E-state index contributed by atoms with van der Waals surface area (Å²) in [5.74, 6) is 0.0407. The smallest absolute Gasteiger partial charge is 0.263 e. The zero-order valence-corrected chi connectivity index (χ0v) is 7.64. The molecule has 0 fully saturated rings. The van der Waals surface area contributed by atoms with Gasteiger partial charge in [0.25, 0.3) is 5.91 Å². The Kier molecular flexibility index (Phi) is 2.28. The number of hydrogen-bond acceptors (Lipinski definition) is 5. The van der Waals surface area contributed by atoms with Crippen LogP contribution in [-0.2, 0) is 0 Å². The van der Waals surface area contributed by atoms with Gasteiger partial charge in [0, 0.05) is 12.4 Å². The first kappa shape index (κ1) is 9.13. The van der Waals surface area contributed by atoms with E-state index < -0.39 is 5.91 Å². The Bertz CT molecular complexity index is 465. The zero-order valence-electron chi connectivity index (χ0n) is 7.64. The van der Waals surface area contributed by atoms with Gasteiger partial charge in [-0.3, -0.25) is 15.2 Å². The van der Waals surface area contributed by atoms with Crippen LogP contribution in [0.1, 0.15) is 10.4 Å². The lowest BCUT2D eigenvalue weighted by atomic mass is 10.3. The van der Waals surface area contributed by atoms with E-state index in [0.717, 1.165) is 0 Å². The Hall–Kier alpha value is -2.44. The van der Waals surface area contributed by atoms with Crippen LogP contribution >= 0.6 is 0 Å². The van der Waals surface area contributed by atoms with E-state index in [1.54, 1.807) is 6.07 Å². The molecule has 15 heavy (non-hydrogen) atoms. The van der Waals surface area contributed by atoms with Crippen molar-refractivity contribution in [3.05, 3.63) is 30.2 Å². The van der Waals surface area contributed by atoms with E-state index in [-0.39, 0.29) is 17.3 Å². The number of nitrogens with zero attached hydrogens (tertiary/aromatic N) is 3.